The fraction of sp³-hybridized carbons (Fsp3) is 0.500. The van der Waals surface area contributed by atoms with Crippen molar-refractivity contribution in [3.63, 3.8) is 0 Å². The van der Waals surface area contributed by atoms with Gasteiger partial charge in [-0.15, -0.1) is 0 Å². The summed E-state index contributed by atoms with van der Waals surface area (Å²) in [7, 11) is 0. The van der Waals surface area contributed by atoms with Crippen molar-refractivity contribution < 1.29 is 0 Å². The summed E-state index contributed by atoms with van der Waals surface area (Å²) in [5.41, 5.74) is 3.24. The minimum atomic E-state index is 0.376. The van der Waals surface area contributed by atoms with E-state index in [1.54, 1.807) is 0 Å². The van der Waals surface area contributed by atoms with E-state index in [9.17, 15) is 0 Å². The number of hydrogen-bond acceptors (Lipinski definition) is 0. The van der Waals surface area contributed by atoms with E-state index in [0.29, 0.717) is 5.41 Å². The standard InChI is InChI=1S/C12H16I2/c1-8-10(13)5-9(6-11(8)14)7-12(2,3)4/h5-6H,7H2,1-4H3. The molecule has 0 amide bonds. The predicted octanol–water partition coefficient (Wildman–Crippen LogP) is 4.79. The summed E-state index contributed by atoms with van der Waals surface area (Å²) < 4.78 is 2.77. The lowest BCUT2D eigenvalue weighted by atomic mass is 9.88. The Bertz CT molecular complexity index is 312. The summed E-state index contributed by atoms with van der Waals surface area (Å²) in [4.78, 5) is 0. The van der Waals surface area contributed by atoms with Gasteiger partial charge in [0, 0.05) is 7.14 Å². The van der Waals surface area contributed by atoms with Gasteiger partial charge >= 0.3 is 0 Å². The number of halogens is 2. The van der Waals surface area contributed by atoms with Crippen molar-refractivity contribution in [1.29, 1.82) is 0 Å². The lowest BCUT2D eigenvalue weighted by Gasteiger charge is -2.19. The van der Waals surface area contributed by atoms with Gasteiger partial charge in [-0.3, -0.25) is 0 Å². The average Bonchev–Trinajstić information content (AvgIpc) is 1.96. The zero-order valence-corrected chi connectivity index (χ0v) is 13.4. The smallest absolute Gasteiger partial charge is 0.0172 e. The summed E-state index contributed by atoms with van der Waals surface area (Å²) >= 11 is 4.84. The van der Waals surface area contributed by atoms with Crippen LogP contribution in [0.4, 0.5) is 0 Å². The molecule has 0 aliphatic heterocycles. The highest BCUT2D eigenvalue weighted by atomic mass is 127. The van der Waals surface area contributed by atoms with Gasteiger partial charge in [0.1, 0.15) is 0 Å². The van der Waals surface area contributed by atoms with Crippen LogP contribution >= 0.6 is 45.2 Å². The first-order chi connectivity index (χ1) is 6.29. The Balaban J connectivity index is 3.02. The highest BCUT2D eigenvalue weighted by Gasteiger charge is 2.12. The molecule has 0 unspecified atom stereocenters. The van der Waals surface area contributed by atoms with Gasteiger partial charge in [0.15, 0.2) is 0 Å². The summed E-state index contributed by atoms with van der Waals surface area (Å²) in [6, 6.07) is 4.62. The molecule has 2 heteroatoms. The molecular formula is C12H16I2. The highest BCUT2D eigenvalue weighted by Crippen LogP contribution is 2.25. The molecule has 0 saturated heterocycles. The second-order valence-corrected chi connectivity index (χ2v) is 7.25. The van der Waals surface area contributed by atoms with Crippen molar-refractivity contribution in [1.82, 2.24) is 0 Å². The Morgan fingerprint density at radius 2 is 1.50 bits per heavy atom. The number of benzene rings is 1. The van der Waals surface area contributed by atoms with Crippen LogP contribution in [0.1, 0.15) is 31.9 Å². The lowest BCUT2D eigenvalue weighted by Crippen LogP contribution is -2.09. The molecule has 78 valence electrons. The minimum Gasteiger partial charge on any atom is -0.0599 e. The SMILES string of the molecule is Cc1c(I)cc(CC(C)(C)C)cc1I. The molecule has 0 N–H and O–H groups in total. The number of hydrogen-bond donors (Lipinski definition) is 0. The molecule has 0 nitrogen and oxygen atoms in total. The molecular weight excluding hydrogens is 398 g/mol. The first-order valence-corrected chi connectivity index (χ1v) is 6.90. The van der Waals surface area contributed by atoms with E-state index >= 15 is 0 Å². The van der Waals surface area contributed by atoms with E-state index in [1.807, 2.05) is 0 Å². The first-order valence-electron chi connectivity index (χ1n) is 4.74. The third-order valence-corrected chi connectivity index (χ3v) is 4.32. The van der Waals surface area contributed by atoms with Crippen molar-refractivity contribution in [2.24, 2.45) is 5.41 Å². The van der Waals surface area contributed by atoms with Crippen LogP contribution in [0.25, 0.3) is 0 Å². The van der Waals surface area contributed by atoms with E-state index in [4.69, 9.17) is 0 Å². The van der Waals surface area contributed by atoms with Crippen LogP contribution in [0, 0.1) is 19.5 Å². The van der Waals surface area contributed by atoms with Crippen LogP contribution in [0.2, 0.25) is 0 Å². The molecule has 0 heterocycles. The fourth-order valence-corrected chi connectivity index (χ4v) is 3.31. The van der Waals surface area contributed by atoms with Crippen LogP contribution in [0.5, 0.6) is 0 Å². The van der Waals surface area contributed by atoms with E-state index in [-0.39, 0.29) is 0 Å². The van der Waals surface area contributed by atoms with Gasteiger partial charge in [0.2, 0.25) is 0 Å². The van der Waals surface area contributed by atoms with Gasteiger partial charge in [-0.1, -0.05) is 20.8 Å². The molecule has 1 aromatic rings. The maximum Gasteiger partial charge on any atom is 0.0172 e. The molecule has 1 aromatic carbocycles. The maximum absolute atomic E-state index is 2.42. The van der Waals surface area contributed by atoms with Crippen LogP contribution in [0.15, 0.2) is 12.1 Å². The van der Waals surface area contributed by atoms with E-state index in [2.05, 4.69) is 85.0 Å². The van der Waals surface area contributed by atoms with E-state index in [1.165, 1.54) is 18.3 Å². The Morgan fingerprint density at radius 1 is 1.07 bits per heavy atom. The van der Waals surface area contributed by atoms with Crippen molar-refractivity contribution in [2.45, 2.75) is 34.1 Å². The Morgan fingerprint density at radius 3 is 1.86 bits per heavy atom. The van der Waals surface area contributed by atoms with Gasteiger partial charge in [0.25, 0.3) is 0 Å². The summed E-state index contributed by atoms with van der Waals surface area (Å²) in [6.07, 6.45) is 1.15. The maximum atomic E-state index is 2.42. The molecule has 0 saturated carbocycles. The molecule has 0 fully saturated rings. The Kier molecular flexibility index (Phi) is 4.26. The van der Waals surface area contributed by atoms with Crippen LogP contribution < -0.4 is 0 Å². The molecule has 1 rings (SSSR count). The van der Waals surface area contributed by atoms with E-state index < -0.39 is 0 Å². The zero-order chi connectivity index (χ0) is 10.9. The molecule has 0 aliphatic carbocycles. The highest BCUT2D eigenvalue weighted by molar-refractivity contribution is 14.1. The first kappa shape index (κ1) is 12.7. The topological polar surface area (TPSA) is 0 Å². The zero-order valence-electron chi connectivity index (χ0n) is 9.12. The third-order valence-electron chi connectivity index (χ3n) is 2.08. The molecule has 14 heavy (non-hydrogen) atoms. The summed E-state index contributed by atoms with van der Waals surface area (Å²) in [6.45, 7) is 9.04. The monoisotopic (exact) mass is 414 g/mol. The fourth-order valence-electron chi connectivity index (χ4n) is 1.41. The largest absolute Gasteiger partial charge is 0.0599 e. The molecule has 0 atom stereocenters. The normalized spacial score (nSPS) is 11.9. The summed E-state index contributed by atoms with van der Waals surface area (Å²) in [5, 5.41) is 0. The molecule has 0 bridgehead atoms. The lowest BCUT2D eigenvalue weighted by molar-refractivity contribution is 0.411. The van der Waals surface area contributed by atoms with Gasteiger partial charge in [-0.05, 0) is 87.2 Å². The van der Waals surface area contributed by atoms with Gasteiger partial charge < -0.3 is 0 Å². The van der Waals surface area contributed by atoms with Crippen LogP contribution in [-0.4, -0.2) is 0 Å². The Labute approximate surface area is 114 Å². The summed E-state index contributed by atoms with van der Waals surface area (Å²) in [5.74, 6) is 0. The minimum absolute atomic E-state index is 0.376. The van der Waals surface area contributed by atoms with Gasteiger partial charge in [-0.25, -0.2) is 0 Å². The quantitative estimate of drug-likeness (QED) is 0.580. The number of rotatable bonds is 1. The van der Waals surface area contributed by atoms with Gasteiger partial charge in [0.05, 0.1) is 0 Å². The third kappa shape index (κ3) is 3.68. The van der Waals surface area contributed by atoms with Crippen LogP contribution in [-0.2, 0) is 6.42 Å². The van der Waals surface area contributed by atoms with E-state index in [0.717, 1.165) is 6.42 Å². The average molecular weight is 414 g/mol. The van der Waals surface area contributed by atoms with Crippen molar-refractivity contribution in [2.75, 3.05) is 0 Å². The van der Waals surface area contributed by atoms with Gasteiger partial charge in [-0.2, -0.15) is 0 Å². The molecule has 0 aromatic heterocycles. The second kappa shape index (κ2) is 4.68. The van der Waals surface area contributed by atoms with Crippen LogP contribution in [0.3, 0.4) is 0 Å². The molecule has 0 aliphatic rings. The Hall–Kier alpha value is 0.680. The molecule has 0 radical (unpaired) electrons. The predicted molar refractivity (Wildman–Crippen MR) is 79.8 cm³/mol. The molecule has 0 spiro atoms. The van der Waals surface area contributed by atoms with Crippen molar-refractivity contribution in [3.8, 4) is 0 Å². The van der Waals surface area contributed by atoms with Crippen molar-refractivity contribution in [3.05, 3.63) is 30.4 Å². The second-order valence-electron chi connectivity index (χ2n) is 4.92. The van der Waals surface area contributed by atoms with Crippen molar-refractivity contribution >= 4 is 45.2 Å².